The predicted octanol–water partition coefficient (Wildman–Crippen LogP) is 3.27. The highest BCUT2D eigenvalue weighted by molar-refractivity contribution is 5.29. The van der Waals surface area contributed by atoms with Gasteiger partial charge in [0.25, 0.3) is 0 Å². The first kappa shape index (κ1) is 14.8. The lowest BCUT2D eigenvalue weighted by molar-refractivity contribution is -0.136. The standard InChI is InChI=1S/C12H15F4NO/c1-17-8-9-5-10(13)7-11(6-9)18-4-2-3-12(14,15)16/h5-7,17H,2-4,8H2,1H3. The van der Waals surface area contributed by atoms with E-state index in [0.29, 0.717) is 12.1 Å². The molecule has 0 aliphatic carbocycles. The third-order valence-electron chi connectivity index (χ3n) is 2.19. The summed E-state index contributed by atoms with van der Waals surface area (Å²) in [6.07, 6.45) is -5.21. The van der Waals surface area contributed by atoms with Crippen LogP contribution in [0.5, 0.6) is 5.75 Å². The first-order chi connectivity index (χ1) is 8.40. The minimum absolute atomic E-state index is 0.0814. The van der Waals surface area contributed by atoms with E-state index in [0.717, 1.165) is 6.07 Å². The third-order valence-corrected chi connectivity index (χ3v) is 2.19. The number of hydrogen-bond donors (Lipinski definition) is 1. The molecule has 1 aromatic carbocycles. The van der Waals surface area contributed by atoms with Crippen molar-refractivity contribution in [1.82, 2.24) is 5.32 Å². The lowest BCUT2D eigenvalue weighted by Gasteiger charge is -2.09. The summed E-state index contributed by atoms with van der Waals surface area (Å²) in [7, 11) is 1.72. The second kappa shape index (κ2) is 6.58. The minimum atomic E-state index is -4.18. The zero-order valence-electron chi connectivity index (χ0n) is 9.98. The molecular weight excluding hydrogens is 250 g/mol. The van der Waals surface area contributed by atoms with Crippen molar-refractivity contribution < 1.29 is 22.3 Å². The molecule has 0 heterocycles. The fraction of sp³-hybridized carbons (Fsp3) is 0.500. The van der Waals surface area contributed by atoms with Crippen LogP contribution in [0.3, 0.4) is 0 Å². The van der Waals surface area contributed by atoms with Crippen molar-refractivity contribution in [1.29, 1.82) is 0 Å². The normalized spacial score (nSPS) is 11.6. The lowest BCUT2D eigenvalue weighted by atomic mass is 10.2. The van der Waals surface area contributed by atoms with Crippen molar-refractivity contribution >= 4 is 0 Å². The summed E-state index contributed by atoms with van der Waals surface area (Å²) in [6, 6.07) is 4.11. The molecule has 18 heavy (non-hydrogen) atoms. The summed E-state index contributed by atoms with van der Waals surface area (Å²) in [4.78, 5) is 0. The second-order valence-corrected chi connectivity index (χ2v) is 3.89. The van der Waals surface area contributed by atoms with Gasteiger partial charge >= 0.3 is 6.18 Å². The van der Waals surface area contributed by atoms with Crippen LogP contribution in [-0.4, -0.2) is 19.8 Å². The van der Waals surface area contributed by atoms with Crippen molar-refractivity contribution in [3.8, 4) is 5.75 Å². The van der Waals surface area contributed by atoms with Crippen LogP contribution in [0.15, 0.2) is 18.2 Å². The average molecular weight is 265 g/mol. The SMILES string of the molecule is CNCc1cc(F)cc(OCCCC(F)(F)F)c1. The molecule has 1 rings (SSSR count). The van der Waals surface area contributed by atoms with Crippen LogP contribution < -0.4 is 10.1 Å². The van der Waals surface area contributed by atoms with Gasteiger partial charge in [0.2, 0.25) is 0 Å². The molecule has 0 fully saturated rings. The highest BCUT2D eigenvalue weighted by atomic mass is 19.4. The number of rotatable bonds is 6. The number of ether oxygens (including phenoxy) is 1. The van der Waals surface area contributed by atoms with Gasteiger partial charge in [0.15, 0.2) is 0 Å². The van der Waals surface area contributed by atoms with Gasteiger partial charge in [-0.2, -0.15) is 13.2 Å². The van der Waals surface area contributed by atoms with Crippen molar-refractivity contribution in [3.05, 3.63) is 29.6 Å². The molecule has 1 N–H and O–H groups in total. The third kappa shape index (κ3) is 5.86. The zero-order chi connectivity index (χ0) is 13.6. The molecule has 2 nitrogen and oxygen atoms in total. The van der Waals surface area contributed by atoms with Crippen LogP contribution in [0.1, 0.15) is 18.4 Å². The molecule has 0 aliphatic heterocycles. The van der Waals surface area contributed by atoms with Crippen LogP contribution in [0.4, 0.5) is 17.6 Å². The predicted molar refractivity (Wildman–Crippen MR) is 59.9 cm³/mol. The van der Waals surface area contributed by atoms with E-state index >= 15 is 0 Å². The first-order valence-corrected chi connectivity index (χ1v) is 5.54. The Morgan fingerprint density at radius 2 is 1.94 bits per heavy atom. The van der Waals surface area contributed by atoms with Gasteiger partial charge in [0.1, 0.15) is 11.6 Å². The Kier molecular flexibility index (Phi) is 5.40. The molecule has 0 atom stereocenters. The maximum Gasteiger partial charge on any atom is 0.389 e. The molecule has 0 aliphatic rings. The monoisotopic (exact) mass is 265 g/mol. The topological polar surface area (TPSA) is 21.3 Å². The van der Waals surface area contributed by atoms with Gasteiger partial charge in [-0.3, -0.25) is 0 Å². The van der Waals surface area contributed by atoms with Gasteiger partial charge in [0.05, 0.1) is 6.61 Å². The van der Waals surface area contributed by atoms with Gasteiger partial charge in [-0.15, -0.1) is 0 Å². The summed E-state index contributed by atoms with van der Waals surface area (Å²) in [6.45, 7) is 0.388. The van der Waals surface area contributed by atoms with Crippen LogP contribution in [0.2, 0.25) is 0 Å². The Morgan fingerprint density at radius 1 is 1.22 bits per heavy atom. The molecule has 0 spiro atoms. The van der Waals surface area contributed by atoms with Crippen LogP contribution in [-0.2, 0) is 6.54 Å². The fourth-order valence-corrected chi connectivity index (χ4v) is 1.47. The van der Waals surface area contributed by atoms with E-state index in [2.05, 4.69) is 5.32 Å². The van der Waals surface area contributed by atoms with Gasteiger partial charge < -0.3 is 10.1 Å². The smallest absolute Gasteiger partial charge is 0.389 e. The first-order valence-electron chi connectivity index (χ1n) is 5.54. The molecule has 1 aromatic rings. The van der Waals surface area contributed by atoms with Gasteiger partial charge in [-0.1, -0.05) is 0 Å². The lowest BCUT2D eigenvalue weighted by Crippen LogP contribution is -2.10. The molecule has 0 saturated heterocycles. The van der Waals surface area contributed by atoms with E-state index in [1.165, 1.54) is 6.07 Å². The highest BCUT2D eigenvalue weighted by Gasteiger charge is 2.26. The second-order valence-electron chi connectivity index (χ2n) is 3.89. The molecule has 0 radical (unpaired) electrons. The van der Waals surface area contributed by atoms with E-state index in [4.69, 9.17) is 4.74 Å². The number of hydrogen-bond acceptors (Lipinski definition) is 2. The van der Waals surface area contributed by atoms with Crippen molar-refractivity contribution in [2.45, 2.75) is 25.6 Å². The Hall–Kier alpha value is -1.30. The number of alkyl halides is 3. The van der Waals surface area contributed by atoms with Gasteiger partial charge in [-0.05, 0) is 31.2 Å². The summed E-state index contributed by atoms with van der Waals surface area (Å²) in [5.74, 6) is -0.212. The van der Waals surface area contributed by atoms with Gasteiger partial charge in [0, 0.05) is 19.0 Å². The van der Waals surface area contributed by atoms with Crippen LogP contribution in [0.25, 0.3) is 0 Å². The Bertz CT molecular complexity index is 379. The van der Waals surface area contributed by atoms with E-state index in [1.54, 1.807) is 13.1 Å². The number of benzene rings is 1. The molecule has 6 heteroatoms. The largest absolute Gasteiger partial charge is 0.493 e. The molecule has 102 valence electrons. The maximum atomic E-state index is 13.2. The number of halogens is 4. The van der Waals surface area contributed by atoms with E-state index in [9.17, 15) is 17.6 Å². The van der Waals surface area contributed by atoms with E-state index in [1.807, 2.05) is 0 Å². The quantitative estimate of drug-likeness (QED) is 0.629. The Labute approximate surface area is 103 Å². The maximum absolute atomic E-state index is 13.2. The average Bonchev–Trinajstić information content (AvgIpc) is 2.23. The van der Waals surface area contributed by atoms with Crippen molar-refractivity contribution in [2.75, 3.05) is 13.7 Å². The summed E-state index contributed by atoms with van der Waals surface area (Å²) in [5, 5.41) is 2.85. The molecule has 0 bridgehead atoms. The van der Waals surface area contributed by atoms with E-state index < -0.39 is 18.4 Å². The highest BCUT2D eigenvalue weighted by Crippen LogP contribution is 2.22. The Morgan fingerprint density at radius 3 is 2.56 bits per heavy atom. The van der Waals surface area contributed by atoms with Crippen LogP contribution >= 0.6 is 0 Å². The summed E-state index contributed by atoms with van der Waals surface area (Å²) >= 11 is 0. The Balaban J connectivity index is 2.46. The summed E-state index contributed by atoms with van der Waals surface area (Å²) in [5.41, 5.74) is 0.684. The summed E-state index contributed by atoms with van der Waals surface area (Å²) < 4.78 is 53.9. The molecule has 0 saturated carbocycles. The van der Waals surface area contributed by atoms with Crippen LogP contribution in [0, 0.1) is 5.82 Å². The fourth-order valence-electron chi connectivity index (χ4n) is 1.47. The van der Waals surface area contributed by atoms with Gasteiger partial charge in [-0.25, -0.2) is 4.39 Å². The van der Waals surface area contributed by atoms with Crippen molar-refractivity contribution in [2.24, 2.45) is 0 Å². The molecule has 0 amide bonds. The number of nitrogens with one attached hydrogen (secondary N) is 1. The zero-order valence-corrected chi connectivity index (χ0v) is 9.98. The van der Waals surface area contributed by atoms with E-state index in [-0.39, 0.29) is 18.8 Å². The minimum Gasteiger partial charge on any atom is -0.493 e. The molecular formula is C12H15F4NO. The molecule has 0 aromatic heterocycles. The van der Waals surface area contributed by atoms with Crippen molar-refractivity contribution in [3.63, 3.8) is 0 Å². The molecule has 0 unspecified atom stereocenters.